The van der Waals surface area contributed by atoms with Crippen molar-refractivity contribution in [2.24, 2.45) is 0 Å². The number of para-hydroxylation sites is 1. The maximum absolute atomic E-state index is 12.9. The molecule has 4 rings (SSSR count). The molecule has 26 heavy (non-hydrogen) atoms. The number of fused-ring (bicyclic) bond motifs is 2. The van der Waals surface area contributed by atoms with Crippen molar-refractivity contribution >= 4 is 22.4 Å². The van der Waals surface area contributed by atoms with Crippen LogP contribution >= 0.6 is 0 Å². The molecule has 1 heterocycles. The third kappa shape index (κ3) is 2.99. The fraction of sp³-hybridized carbons (Fsp3) is 0.227. The molecule has 0 fully saturated rings. The molecule has 4 heteroatoms. The quantitative estimate of drug-likeness (QED) is 0.710. The van der Waals surface area contributed by atoms with Gasteiger partial charge < -0.3 is 14.4 Å². The van der Waals surface area contributed by atoms with Gasteiger partial charge in [-0.15, -0.1) is 0 Å². The summed E-state index contributed by atoms with van der Waals surface area (Å²) in [6.07, 6.45) is 0.342. The maximum Gasteiger partial charge on any atom is 0.267 e. The molecular formula is C22H21NO3. The van der Waals surface area contributed by atoms with E-state index in [1.165, 1.54) is 5.56 Å². The first-order valence-corrected chi connectivity index (χ1v) is 8.79. The molecule has 132 valence electrons. The monoisotopic (exact) mass is 347 g/mol. The van der Waals surface area contributed by atoms with Crippen molar-refractivity contribution in [2.75, 3.05) is 18.6 Å². The SMILES string of the molecule is COc1ccc2ccc(O[C@H](C)C(=O)N3CCc4ccccc43)cc2c1. The Balaban J connectivity index is 1.53. The molecule has 1 aliphatic rings. The summed E-state index contributed by atoms with van der Waals surface area (Å²) in [5, 5.41) is 2.12. The minimum Gasteiger partial charge on any atom is -0.497 e. The maximum atomic E-state index is 12.9. The van der Waals surface area contributed by atoms with E-state index in [-0.39, 0.29) is 5.91 Å². The van der Waals surface area contributed by atoms with Gasteiger partial charge in [0.1, 0.15) is 11.5 Å². The minimum atomic E-state index is -0.552. The van der Waals surface area contributed by atoms with Crippen molar-refractivity contribution in [2.45, 2.75) is 19.4 Å². The molecule has 0 N–H and O–H groups in total. The number of nitrogens with zero attached hydrogens (tertiary/aromatic N) is 1. The van der Waals surface area contributed by atoms with Gasteiger partial charge in [-0.2, -0.15) is 0 Å². The van der Waals surface area contributed by atoms with Crippen molar-refractivity contribution in [1.29, 1.82) is 0 Å². The highest BCUT2D eigenvalue weighted by Gasteiger charge is 2.28. The van der Waals surface area contributed by atoms with E-state index in [9.17, 15) is 4.79 Å². The van der Waals surface area contributed by atoms with Crippen LogP contribution in [0.1, 0.15) is 12.5 Å². The normalized spacial score (nSPS) is 14.2. The fourth-order valence-electron chi connectivity index (χ4n) is 3.44. The lowest BCUT2D eigenvalue weighted by Gasteiger charge is -2.22. The average Bonchev–Trinajstić information content (AvgIpc) is 3.10. The highest BCUT2D eigenvalue weighted by atomic mass is 16.5. The number of rotatable bonds is 4. The predicted molar refractivity (Wildman–Crippen MR) is 103 cm³/mol. The van der Waals surface area contributed by atoms with Crippen molar-refractivity contribution in [3.8, 4) is 11.5 Å². The van der Waals surface area contributed by atoms with Gasteiger partial charge in [0.15, 0.2) is 6.10 Å². The molecule has 0 unspecified atom stereocenters. The largest absolute Gasteiger partial charge is 0.497 e. The van der Waals surface area contributed by atoms with Crippen LogP contribution in [0.15, 0.2) is 60.7 Å². The smallest absolute Gasteiger partial charge is 0.267 e. The van der Waals surface area contributed by atoms with Crippen molar-refractivity contribution in [1.82, 2.24) is 0 Å². The van der Waals surface area contributed by atoms with Crippen LogP contribution < -0.4 is 14.4 Å². The molecule has 3 aromatic rings. The standard InChI is InChI=1S/C22H21NO3/c1-15(22(24)23-12-11-17-5-3-4-6-21(17)23)26-20-10-8-16-7-9-19(25-2)13-18(16)14-20/h3-10,13-15H,11-12H2,1-2H3/t15-/m1/s1. The summed E-state index contributed by atoms with van der Waals surface area (Å²) < 4.78 is 11.2. The summed E-state index contributed by atoms with van der Waals surface area (Å²) in [6.45, 7) is 2.51. The number of amides is 1. The van der Waals surface area contributed by atoms with Gasteiger partial charge >= 0.3 is 0 Å². The van der Waals surface area contributed by atoms with Gasteiger partial charge in [0.05, 0.1) is 7.11 Å². The zero-order chi connectivity index (χ0) is 18.1. The molecule has 0 spiro atoms. The molecule has 0 radical (unpaired) electrons. The predicted octanol–water partition coefficient (Wildman–Crippen LogP) is 4.21. The Bertz CT molecular complexity index is 967. The van der Waals surface area contributed by atoms with E-state index in [1.807, 2.05) is 59.5 Å². The first-order valence-electron chi connectivity index (χ1n) is 8.79. The number of methoxy groups -OCH3 is 1. The first-order chi connectivity index (χ1) is 12.7. The topological polar surface area (TPSA) is 38.8 Å². The zero-order valence-electron chi connectivity index (χ0n) is 14.9. The number of hydrogen-bond donors (Lipinski definition) is 0. The summed E-state index contributed by atoms with van der Waals surface area (Å²) >= 11 is 0. The highest BCUT2D eigenvalue weighted by Crippen LogP contribution is 2.29. The summed E-state index contributed by atoms with van der Waals surface area (Å²) in [5.41, 5.74) is 2.21. The molecule has 0 aromatic heterocycles. The van der Waals surface area contributed by atoms with Gasteiger partial charge in [0.25, 0.3) is 5.91 Å². The Hall–Kier alpha value is -3.01. The molecule has 0 saturated carbocycles. The molecule has 1 atom stereocenters. The number of carbonyl (C=O) groups is 1. The lowest BCUT2D eigenvalue weighted by molar-refractivity contribution is -0.124. The van der Waals surface area contributed by atoms with Gasteiger partial charge in [-0.3, -0.25) is 4.79 Å². The molecule has 0 saturated heterocycles. The lowest BCUT2D eigenvalue weighted by Crippen LogP contribution is -2.39. The van der Waals surface area contributed by atoms with E-state index in [4.69, 9.17) is 9.47 Å². The van der Waals surface area contributed by atoms with Crippen molar-refractivity contribution in [3.05, 3.63) is 66.2 Å². The van der Waals surface area contributed by atoms with Crippen LogP contribution in [0.3, 0.4) is 0 Å². The second kappa shape index (κ2) is 6.71. The zero-order valence-corrected chi connectivity index (χ0v) is 14.9. The average molecular weight is 347 g/mol. The number of ether oxygens (including phenoxy) is 2. The van der Waals surface area contributed by atoms with Crippen LogP contribution in [0.5, 0.6) is 11.5 Å². The van der Waals surface area contributed by atoms with Gasteiger partial charge in [-0.25, -0.2) is 0 Å². The number of carbonyl (C=O) groups excluding carboxylic acids is 1. The van der Waals surface area contributed by atoms with E-state index in [1.54, 1.807) is 14.0 Å². The Labute approximate surface area is 153 Å². The molecule has 3 aromatic carbocycles. The molecule has 1 aliphatic heterocycles. The Morgan fingerprint density at radius 3 is 2.54 bits per heavy atom. The number of hydrogen-bond acceptors (Lipinski definition) is 3. The Morgan fingerprint density at radius 1 is 1.00 bits per heavy atom. The second-order valence-corrected chi connectivity index (χ2v) is 6.50. The van der Waals surface area contributed by atoms with Crippen LogP contribution in [0.2, 0.25) is 0 Å². The van der Waals surface area contributed by atoms with Gasteiger partial charge in [-0.1, -0.05) is 30.3 Å². The van der Waals surface area contributed by atoms with Gasteiger partial charge in [0, 0.05) is 12.2 Å². The van der Waals surface area contributed by atoms with E-state index >= 15 is 0 Å². The third-order valence-electron chi connectivity index (χ3n) is 4.83. The van der Waals surface area contributed by atoms with Crippen LogP contribution in [0, 0.1) is 0 Å². The molecule has 0 bridgehead atoms. The van der Waals surface area contributed by atoms with E-state index < -0.39 is 6.10 Å². The first kappa shape index (κ1) is 16.5. The van der Waals surface area contributed by atoms with E-state index in [0.29, 0.717) is 12.3 Å². The molecular weight excluding hydrogens is 326 g/mol. The highest BCUT2D eigenvalue weighted by molar-refractivity contribution is 5.98. The summed E-state index contributed by atoms with van der Waals surface area (Å²) in [6, 6.07) is 19.8. The lowest BCUT2D eigenvalue weighted by atomic mass is 10.1. The van der Waals surface area contributed by atoms with E-state index in [2.05, 4.69) is 6.07 Å². The molecule has 1 amide bonds. The van der Waals surface area contributed by atoms with Crippen LogP contribution in [-0.2, 0) is 11.2 Å². The fourth-order valence-corrected chi connectivity index (χ4v) is 3.44. The number of anilines is 1. The van der Waals surface area contributed by atoms with Crippen LogP contribution in [-0.4, -0.2) is 25.7 Å². The van der Waals surface area contributed by atoms with Crippen LogP contribution in [0.4, 0.5) is 5.69 Å². The van der Waals surface area contributed by atoms with Gasteiger partial charge in [0.2, 0.25) is 0 Å². The second-order valence-electron chi connectivity index (χ2n) is 6.50. The van der Waals surface area contributed by atoms with Crippen molar-refractivity contribution in [3.63, 3.8) is 0 Å². The summed E-state index contributed by atoms with van der Waals surface area (Å²) in [7, 11) is 1.65. The van der Waals surface area contributed by atoms with E-state index in [0.717, 1.165) is 28.6 Å². The molecule has 0 aliphatic carbocycles. The molecule has 4 nitrogen and oxygen atoms in total. The Kier molecular flexibility index (Phi) is 4.25. The van der Waals surface area contributed by atoms with Crippen molar-refractivity contribution < 1.29 is 14.3 Å². The third-order valence-corrected chi connectivity index (χ3v) is 4.83. The minimum absolute atomic E-state index is 0.0133. The Morgan fingerprint density at radius 2 is 1.73 bits per heavy atom. The van der Waals surface area contributed by atoms with Crippen LogP contribution in [0.25, 0.3) is 10.8 Å². The summed E-state index contributed by atoms with van der Waals surface area (Å²) in [4.78, 5) is 14.7. The number of benzene rings is 3. The van der Waals surface area contributed by atoms with Gasteiger partial charge in [-0.05, 0) is 60.0 Å². The summed E-state index contributed by atoms with van der Waals surface area (Å²) in [5.74, 6) is 1.47.